The van der Waals surface area contributed by atoms with Gasteiger partial charge in [0.05, 0.1) is 52.8 Å². The van der Waals surface area contributed by atoms with Gasteiger partial charge in [-0.1, -0.05) is 52.8 Å². The highest BCUT2D eigenvalue weighted by Crippen LogP contribution is 2.49. The van der Waals surface area contributed by atoms with E-state index in [1.54, 1.807) is 52.8 Å². The lowest BCUT2D eigenvalue weighted by molar-refractivity contribution is -0.161. The molecule has 5 N–H and O–H groups in total. The number of ketones is 2. The van der Waals surface area contributed by atoms with Crippen LogP contribution in [0.4, 0.5) is 0 Å². The van der Waals surface area contributed by atoms with Crippen LogP contribution in [0, 0.1) is 36.5 Å². The first-order valence-corrected chi connectivity index (χ1v) is 21.6. The van der Waals surface area contributed by atoms with Crippen LogP contribution >= 0.6 is 0 Å². The fourth-order valence-electron chi connectivity index (χ4n) is 9.45. The van der Waals surface area contributed by atoms with E-state index in [1.807, 2.05) is 0 Å². The number of hydrogen-bond donors (Lipinski definition) is 5. The van der Waals surface area contributed by atoms with Gasteiger partial charge in [-0.05, 0) is 31.4 Å². The van der Waals surface area contributed by atoms with E-state index >= 15 is 0 Å². The molecule has 4 bridgehead atoms. The van der Waals surface area contributed by atoms with Gasteiger partial charge in [0.25, 0.3) is 5.78 Å². The van der Waals surface area contributed by atoms with Gasteiger partial charge in [-0.15, -0.1) is 0 Å². The molecule has 4 heterocycles. The standard InChI is InChI=1S/C47H63N3O12/c1-23(2)21-50-17-15-47(16-18-50)48-37-30-20-32(53)24(3)12-11-13-25(4)39(54)31(22-51)40(55)27(6)43(61-29(8)52)26(5)33(59-10)14-19-60-46(9)45(58)36-34(38(37)49-47)35(42(30)57)41(56)28(7)44(36)62-46/h11-14,19,23,25-27,31,33,39-40,43,51,54-57H,15-18,20-22H2,1-10H3/b13-11?,19-14-,24-12+. The van der Waals surface area contributed by atoms with Crippen LogP contribution in [0.3, 0.4) is 0 Å². The summed E-state index contributed by atoms with van der Waals surface area (Å²) in [4.78, 5) is 53.9. The molecule has 1 saturated heterocycles. The number of esters is 1. The summed E-state index contributed by atoms with van der Waals surface area (Å²) in [7, 11) is 1.44. The first kappa shape index (κ1) is 46.8. The highest BCUT2D eigenvalue weighted by molar-refractivity contribution is 6.18. The fraction of sp³-hybridized carbons (Fsp3) is 0.596. The van der Waals surface area contributed by atoms with Crippen LogP contribution in [-0.4, -0.2) is 117 Å². The molecule has 0 aromatic heterocycles. The molecule has 1 fully saturated rings. The number of ether oxygens (including phenoxy) is 4. The Morgan fingerprint density at radius 2 is 1.65 bits per heavy atom. The van der Waals surface area contributed by atoms with E-state index in [0.29, 0.717) is 37.4 Å². The fourth-order valence-corrected chi connectivity index (χ4v) is 9.45. The molecule has 1 spiro atoms. The molecule has 0 amide bonds. The molecule has 62 heavy (non-hydrogen) atoms. The number of carbonyl (C=O) groups excluding carboxylic acids is 3. The van der Waals surface area contributed by atoms with Gasteiger partial charge in [-0.25, -0.2) is 0 Å². The van der Waals surface area contributed by atoms with Crippen LogP contribution < -0.4 is 15.5 Å². The lowest BCUT2D eigenvalue weighted by Crippen LogP contribution is -2.48. The summed E-state index contributed by atoms with van der Waals surface area (Å²) in [5.41, 5.74) is -0.241. The van der Waals surface area contributed by atoms with E-state index < -0.39 is 83.6 Å². The minimum absolute atomic E-state index is 0.0451. The minimum atomic E-state index is -1.97. The summed E-state index contributed by atoms with van der Waals surface area (Å²) in [6.45, 7) is 17.0. The van der Waals surface area contributed by atoms with Crippen LogP contribution in [0.2, 0.25) is 0 Å². The molecule has 2 aromatic rings. The molecular formula is C47H63N3O12. The van der Waals surface area contributed by atoms with Crippen LogP contribution in [0.25, 0.3) is 10.8 Å². The second kappa shape index (κ2) is 18.2. The lowest BCUT2D eigenvalue weighted by atomic mass is 9.78. The maximum absolute atomic E-state index is 14.7. The SMILES string of the molecule is COC1/C=C\OC2(C)Oc3c(C)c(O)c4c(O)c(c5c(c4c3C2=O)=NC2(CCN(CC(C)C)CC2)N=5)CC(=O)/C(C)=C/C=CC(C)C(O)C(CO)C(O)C(C)C(OC(C)=O)C1C. The number of rotatable bonds is 5. The molecule has 6 rings (SSSR count). The normalized spacial score (nSPS) is 31.9. The number of aliphatic hydroxyl groups excluding tert-OH is 3. The quantitative estimate of drug-likeness (QED) is 0.270. The molecule has 0 radical (unpaired) electrons. The first-order valence-electron chi connectivity index (χ1n) is 21.6. The average Bonchev–Trinajstić information content (AvgIpc) is 3.72. The predicted octanol–water partition coefficient (Wildman–Crippen LogP) is 3.89. The Hall–Kier alpha value is -4.67. The van der Waals surface area contributed by atoms with Gasteiger partial charge in [-0.3, -0.25) is 24.4 Å². The van der Waals surface area contributed by atoms with E-state index in [0.717, 1.165) is 6.54 Å². The number of aromatic hydroxyl groups is 2. The van der Waals surface area contributed by atoms with Gasteiger partial charge in [0.15, 0.2) is 11.4 Å². The van der Waals surface area contributed by atoms with Crippen molar-refractivity contribution in [1.82, 2.24) is 4.90 Å². The van der Waals surface area contributed by atoms with Gasteiger partial charge < -0.3 is 49.4 Å². The maximum Gasteiger partial charge on any atom is 0.312 e. The van der Waals surface area contributed by atoms with Crippen molar-refractivity contribution in [3.05, 3.63) is 63.5 Å². The highest BCUT2D eigenvalue weighted by Gasteiger charge is 2.50. The molecule has 4 aliphatic heterocycles. The Balaban J connectivity index is 1.54. The minimum Gasteiger partial charge on any atom is -0.507 e. The highest BCUT2D eigenvalue weighted by atomic mass is 16.7. The number of Topliss-reactive ketones (excluding diaryl/α,β-unsaturated/α-hetero) is 2. The Labute approximate surface area is 362 Å². The van der Waals surface area contributed by atoms with Gasteiger partial charge in [0, 0.05) is 100 Å². The van der Waals surface area contributed by atoms with Crippen molar-refractivity contribution in [2.24, 2.45) is 39.6 Å². The number of carbonyl (C=O) groups is 3. The third-order valence-corrected chi connectivity index (χ3v) is 13.2. The number of benzene rings is 2. The number of phenolic OH excluding ortho intramolecular Hbond substituents is 2. The lowest BCUT2D eigenvalue weighted by Gasteiger charge is -2.38. The van der Waals surface area contributed by atoms with Crippen LogP contribution in [0.5, 0.6) is 17.2 Å². The number of piperidine rings is 1. The number of fused-ring (bicyclic) bond motifs is 1. The van der Waals surface area contributed by atoms with Gasteiger partial charge >= 0.3 is 11.8 Å². The second-order valence-corrected chi connectivity index (χ2v) is 18.2. The van der Waals surface area contributed by atoms with Gasteiger partial charge in [0.1, 0.15) is 23.4 Å². The van der Waals surface area contributed by atoms with Crippen molar-refractivity contribution in [2.75, 3.05) is 33.4 Å². The smallest absolute Gasteiger partial charge is 0.312 e. The average molecular weight is 862 g/mol. The third-order valence-electron chi connectivity index (χ3n) is 13.2. The number of allylic oxidation sites excluding steroid dienone is 3. The largest absolute Gasteiger partial charge is 0.507 e. The topological polar surface area (TPSA) is 217 Å². The van der Waals surface area contributed by atoms with Crippen molar-refractivity contribution >= 4 is 28.3 Å². The summed E-state index contributed by atoms with van der Waals surface area (Å²) < 4.78 is 23.9. The van der Waals surface area contributed by atoms with Crippen molar-refractivity contribution in [3.8, 4) is 17.2 Å². The number of likely N-dealkylation sites (tertiary alicyclic amines) is 1. The number of hydrogen-bond acceptors (Lipinski definition) is 15. The van der Waals surface area contributed by atoms with Gasteiger partial charge in [0.2, 0.25) is 0 Å². The van der Waals surface area contributed by atoms with Crippen LogP contribution in [0.15, 0.2) is 46.1 Å². The van der Waals surface area contributed by atoms with Crippen molar-refractivity contribution in [3.63, 3.8) is 0 Å². The van der Waals surface area contributed by atoms with Gasteiger partial charge in [-0.2, -0.15) is 0 Å². The molecule has 15 heteroatoms. The van der Waals surface area contributed by atoms with Crippen molar-refractivity contribution in [1.29, 1.82) is 0 Å². The van der Waals surface area contributed by atoms with E-state index in [-0.39, 0.29) is 61.9 Å². The first-order chi connectivity index (χ1) is 29.2. The molecule has 9 atom stereocenters. The Morgan fingerprint density at radius 3 is 2.26 bits per heavy atom. The van der Waals surface area contributed by atoms with E-state index in [1.165, 1.54) is 33.3 Å². The number of methoxy groups -OCH3 is 1. The number of nitrogens with zero attached hydrogens (tertiary/aromatic N) is 3. The Morgan fingerprint density at radius 1 is 0.984 bits per heavy atom. The van der Waals surface area contributed by atoms with E-state index in [2.05, 4.69) is 18.7 Å². The molecule has 0 saturated carbocycles. The summed E-state index contributed by atoms with van der Waals surface area (Å²) in [6.07, 6.45) is 4.01. The molecular weight excluding hydrogens is 799 g/mol. The predicted molar refractivity (Wildman–Crippen MR) is 229 cm³/mol. The van der Waals surface area contributed by atoms with Crippen LogP contribution in [-0.2, 0) is 30.2 Å². The summed E-state index contributed by atoms with van der Waals surface area (Å²) in [5, 5.41) is 58.2. The Bertz CT molecular complexity index is 2310. The zero-order chi connectivity index (χ0) is 45.6. The zero-order valence-corrected chi connectivity index (χ0v) is 37.5. The summed E-state index contributed by atoms with van der Waals surface area (Å²) in [6, 6.07) is 0. The molecule has 15 nitrogen and oxygen atoms in total. The number of aliphatic hydroxyl groups is 3. The van der Waals surface area contributed by atoms with Crippen LogP contribution in [0.1, 0.15) is 89.7 Å². The van der Waals surface area contributed by atoms with E-state index in [4.69, 9.17) is 28.9 Å². The summed E-state index contributed by atoms with van der Waals surface area (Å²) in [5.74, 6) is -6.92. The van der Waals surface area contributed by atoms with Crippen molar-refractivity contribution < 1.29 is 58.9 Å². The second-order valence-electron chi connectivity index (χ2n) is 18.2. The molecule has 4 aliphatic rings. The number of phenols is 2. The molecule has 9 unspecified atom stereocenters. The van der Waals surface area contributed by atoms with E-state index in [9.17, 15) is 39.9 Å². The monoisotopic (exact) mass is 861 g/mol. The maximum atomic E-state index is 14.7. The summed E-state index contributed by atoms with van der Waals surface area (Å²) >= 11 is 0. The molecule has 2 aromatic carbocycles. The molecule has 0 aliphatic carbocycles. The Kier molecular flexibility index (Phi) is 13.7. The zero-order valence-electron chi connectivity index (χ0n) is 37.5. The third kappa shape index (κ3) is 8.66. The van der Waals surface area contributed by atoms with Crippen molar-refractivity contribution in [2.45, 2.75) is 117 Å². The molecule has 338 valence electrons.